The van der Waals surface area contributed by atoms with Crippen LogP contribution >= 0.6 is 23.4 Å². The van der Waals surface area contributed by atoms with Crippen molar-refractivity contribution in [1.82, 2.24) is 10.2 Å². The molecule has 3 rings (SSSR count). The average molecular weight is 393 g/mol. The molecule has 0 aliphatic rings. The third-order valence-electron chi connectivity index (χ3n) is 3.30. The van der Waals surface area contributed by atoms with Gasteiger partial charge in [0.25, 0.3) is 5.89 Å². The van der Waals surface area contributed by atoms with Gasteiger partial charge >= 0.3 is 5.97 Å². The number of aromatic nitrogens is 2. The Morgan fingerprint density at radius 3 is 2.58 bits per heavy atom. The zero-order valence-corrected chi connectivity index (χ0v) is 15.1. The molecule has 2 aromatic carbocycles. The van der Waals surface area contributed by atoms with Crippen LogP contribution in [0, 0.1) is 5.82 Å². The fourth-order valence-electron chi connectivity index (χ4n) is 2.02. The molecule has 0 amide bonds. The van der Waals surface area contributed by atoms with E-state index in [9.17, 15) is 9.18 Å². The van der Waals surface area contributed by atoms with Gasteiger partial charge in [-0.25, -0.2) is 4.39 Å². The fourth-order valence-corrected chi connectivity index (χ4v) is 2.98. The minimum atomic E-state index is -0.370. The summed E-state index contributed by atoms with van der Waals surface area (Å²) >= 11 is 7.29. The van der Waals surface area contributed by atoms with Crippen molar-refractivity contribution in [3.8, 4) is 11.5 Å². The molecule has 1 heterocycles. The third-order valence-corrected chi connectivity index (χ3v) is 4.57. The van der Waals surface area contributed by atoms with Crippen molar-refractivity contribution in [2.75, 3.05) is 5.75 Å². The number of carbonyl (C=O) groups excluding carboxylic acids is 1. The molecule has 0 radical (unpaired) electrons. The number of benzene rings is 2. The normalized spacial score (nSPS) is 10.7. The van der Waals surface area contributed by atoms with Crippen LogP contribution in [-0.2, 0) is 16.1 Å². The molecular weight excluding hydrogens is 379 g/mol. The molecule has 8 heteroatoms. The van der Waals surface area contributed by atoms with Crippen LogP contribution in [0.15, 0.2) is 57.8 Å². The van der Waals surface area contributed by atoms with Crippen LogP contribution in [0.1, 0.15) is 12.3 Å². The lowest BCUT2D eigenvalue weighted by molar-refractivity contribution is -0.145. The Balaban J connectivity index is 1.43. The summed E-state index contributed by atoms with van der Waals surface area (Å²) in [6, 6.07) is 13.1. The number of rotatable bonds is 7. The number of ether oxygens (including phenoxy) is 1. The second-order valence-electron chi connectivity index (χ2n) is 5.22. The lowest BCUT2D eigenvalue weighted by atomic mass is 10.2. The summed E-state index contributed by atoms with van der Waals surface area (Å²) in [6.45, 7) is -0.0827. The molecule has 1 aromatic heterocycles. The lowest BCUT2D eigenvalue weighted by Crippen LogP contribution is -2.05. The van der Waals surface area contributed by atoms with Crippen LogP contribution in [0.4, 0.5) is 4.39 Å². The molecular formula is C18H14ClFN2O3S. The molecule has 26 heavy (non-hydrogen) atoms. The number of carbonyl (C=O) groups is 1. The first-order valence-corrected chi connectivity index (χ1v) is 9.09. The predicted molar refractivity (Wildman–Crippen MR) is 96.3 cm³/mol. The SMILES string of the molecule is O=C(CCSc1ccc(F)cc1)OCc1nnc(-c2ccc(Cl)cc2)o1. The highest BCUT2D eigenvalue weighted by atomic mass is 35.5. The van der Waals surface area contributed by atoms with E-state index in [-0.39, 0.29) is 30.7 Å². The van der Waals surface area contributed by atoms with Gasteiger partial charge in [-0.2, -0.15) is 0 Å². The Morgan fingerprint density at radius 2 is 1.85 bits per heavy atom. The van der Waals surface area contributed by atoms with Gasteiger partial charge in [-0.3, -0.25) is 4.79 Å². The van der Waals surface area contributed by atoms with Crippen LogP contribution in [0.25, 0.3) is 11.5 Å². The maximum atomic E-state index is 12.8. The van der Waals surface area contributed by atoms with Crippen molar-refractivity contribution >= 4 is 29.3 Å². The maximum Gasteiger partial charge on any atom is 0.307 e. The van der Waals surface area contributed by atoms with Gasteiger partial charge in [0, 0.05) is 21.2 Å². The van der Waals surface area contributed by atoms with Crippen molar-refractivity contribution < 1.29 is 18.3 Å². The Hall–Kier alpha value is -2.38. The monoisotopic (exact) mass is 392 g/mol. The predicted octanol–water partition coefficient (Wildman–Crippen LogP) is 4.75. The summed E-state index contributed by atoms with van der Waals surface area (Å²) in [5, 5.41) is 8.38. The summed E-state index contributed by atoms with van der Waals surface area (Å²) in [7, 11) is 0. The Labute approximate surface area is 158 Å². The van der Waals surface area contributed by atoms with Crippen LogP contribution in [-0.4, -0.2) is 21.9 Å². The number of nitrogens with zero attached hydrogens (tertiary/aromatic N) is 2. The molecule has 0 spiro atoms. The topological polar surface area (TPSA) is 65.2 Å². The van der Waals surface area contributed by atoms with Gasteiger partial charge in [-0.05, 0) is 48.5 Å². The molecule has 0 saturated carbocycles. The number of hydrogen-bond donors (Lipinski definition) is 0. The van der Waals surface area contributed by atoms with Crippen LogP contribution < -0.4 is 0 Å². The highest BCUT2D eigenvalue weighted by Gasteiger charge is 2.11. The Kier molecular flexibility index (Phi) is 6.25. The third kappa shape index (κ3) is 5.31. The Bertz CT molecular complexity index is 869. The zero-order valence-electron chi connectivity index (χ0n) is 13.5. The average Bonchev–Trinajstić information content (AvgIpc) is 3.11. The second-order valence-corrected chi connectivity index (χ2v) is 6.83. The molecule has 0 aliphatic heterocycles. The summed E-state index contributed by atoms with van der Waals surface area (Å²) < 4.78 is 23.4. The lowest BCUT2D eigenvalue weighted by Gasteiger charge is -2.02. The van der Waals surface area contributed by atoms with Crippen molar-refractivity contribution in [2.45, 2.75) is 17.9 Å². The summed E-state index contributed by atoms with van der Waals surface area (Å²) in [6.07, 6.45) is 0.222. The zero-order chi connectivity index (χ0) is 18.4. The minimum absolute atomic E-state index is 0.0827. The molecule has 0 unspecified atom stereocenters. The Morgan fingerprint density at radius 1 is 1.12 bits per heavy atom. The van der Waals surface area contributed by atoms with E-state index in [4.69, 9.17) is 20.8 Å². The van der Waals surface area contributed by atoms with Gasteiger partial charge in [0.1, 0.15) is 5.82 Å². The van der Waals surface area contributed by atoms with Gasteiger partial charge in [0.15, 0.2) is 6.61 Å². The standard InChI is InChI=1S/C18H14ClFN2O3S/c19-13-3-1-12(2-4-13)18-22-21-16(25-18)11-24-17(23)9-10-26-15-7-5-14(20)6-8-15/h1-8H,9-11H2. The van der Waals surface area contributed by atoms with Gasteiger partial charge in [0.05, 0.1) is 6.42 Å². The van der Waals surface area contributed by atoms with Crippen LogP contribution in [0.5, 0.6) is 0 Å². The molecule has 3 aromatic rings. The van der Waals surface area contributed by atoms with Gasteiger partial charge in [-0.15, -0.1) is 22.0 Å². The smallest absolute Gasteiger partial charge is 0.307 e. The van der Waals surface area contributed by atoms with Crippen molar-refractivity contribution in [2.24, 2.45) is 0 Å². The van der Waals surface area contributed by atoms with E-state index in [1.807, 2.05) is 0 Å². The first-order chi connectivity index (χ1) is 12.6. The van der Waals surface area contributed by atoms with E-state index in [1.165, 1.54) is 23.9 Å². The van der Waals surface area contributed by atoms with Crippen molar-refractivity contribution in [3.05, 3.63) is 65.3 Å². The van der Waals surface area contributed by atoms with Crippen LogP contribution in [0.2, 0.25) is 5.02 Å². The van der Waals surface area contributed by atoms with Crippen molar-refractivity contribution in [3.63, 3.8) is 0 Å². The summed E-state index contributed by atoms with van der Waals surface area (Å²) in [5.41, 5.74) is 0.732. The number of halogens is 2. The summed E-state index contributed by atoms with van der Waals surface area (Å²) in [5.74, 6) is 0.427. The molecule has 0 saturated heterocycles. The molecule has 0 N–H and O–H groups in total. The quantitative estimate of drug-likeness (QED) is 0.427. The van der Waals surface area contributed by atoms with Gasteiger partial charge < -0.3 is 9.15 Å². The highest BCUT2D eigenvalue weighted by molar-refractivity contribution is 7.99. The molecule has 0 fully saturated rings. The maximum absolute atomic E-state index is 12.8. The molecule has 5 nitrogen and oxygen atoms in total. The fraction of sp³-hybridized carbons (Fsp3) is 0.167. The van der Waals surface area contributed by atoms with Gasteiger partial charge in [-0.1, -0.05) is 11.6 Å². The van der Waals surface area contributed by atoms with Crippen LogP contribution in [0.3, 0.4) is 0 Å². The molecule has 0 bridgehead atoms. The van der Waals surface area contributed by atoms with E-state index in [0.29, 0.717) is 16.7 Å². The summed E-state index contributed by atoms with van der Waals surface area (Å²) in [4.78, 5) is 12.7. The number of hydrogen-bond acceptors (Lipinski definition) is 6. The van der Waals surface area contributed by atoms with E-state index < -0.39 is 0 Å². The largest absolute Gasteiger partial charge is 0.456 e. The van der Waals surface area contributed by atoms with Gasteiger partial charge in [0.2, 0.25) is 5.89 Å². The second kappa shape index (κ2) is 8.82. The molecule has 134 valence electrons. The van der Waals surface area contributed by atoms with E-state index in [2.05, 4.69) is 10.2 Å². The van der Waals surface area contributed by atoms with E-state index in [1.54, 1.807) is 36.4 Å². The molecule has 0 aliphatic carbocycles. The van der Waals surface area contributed by atoms with E-state index in [0.717, 1.165) is 10.5 Å². The number of esters is 1. The minimum Gasteiger partial charge on any atom is -0.456 e. The van der Waals surface area contributed by atoms with E-state index >= 15 is 0 Å². The first-order valence-electron chi connectivity index (χ1n) is 7.72. The highest BCUT2D eigenvalue weighted by Crippen LogP contribution is 2.21. The number of thioether (sulfide) groups is 1. The molecule has 0 atom stereocenters. The van der Waals surface area contributed by atoms with Crippen molar-refractivity contribution in [1.29, 1.82) is 0 Å². The first kappa shape index (κ1) is 18.4.